The standard InChI is InChI=1S/C24H37F3N4O4/c1-6-10-28-23(33)29-18-7-8-20-19(12-18)22(32)30(4)14-21(34-5)16(2)13-31(17(3)15-35-20)11-9-24(25,26)27/h7-8,12,16-17,21H,6,9-11,13-15H2,1-5H3,(H2,28,29,33)/t16-,17-,21-/m0/s1. The van der Waals surface area contributed by atoms with Crippen LogP contribution < -0.4 is 15.4 Å². The van der Waals surface area contributed by atoms with E-state index in [0.29, 0.717) is 24.5 Å². The summed E-state index contributed by atoms with van der Waals surface area (Å²) in [6, 6.07) is 4.03. The van der Waals surface area contributed by atoms with Gasteiger partial charge >= 0.3 is 12.2 Å². The van der Waals surface area contributed by atoms with Gasteiger partial charge in [-0.15, -0.1) is 0 Å². The van der Waals surface area contributed by atoms with Crippen LogP contribution in [0.3, 0.4) is 0 Å². The van der Waals surface area contributed by atoms with Gasteiger partial charge < -0.3 is 25.0 Å². The molecule has 35 heavy (non-hydrogen) atoms. The quantitative estimate of drug-likeness (QED) is 0.615. The molecule has 0 fully saturated rings. The number of anilines is 1. The number of likely N-dealkylation sites (N-methyl/N-ethyl adjacent to an activating group) is 1. The number of carbonyl (C=O) groups excluding carboxylic acids is 2. The van der Waals surface area contributed by atoms with Crippen LogP contribution in [-0.4, -0.2) is 87.0 Å². The molecule has 3 amide bonds. The number of hydrogen-bond acceptors (Lipinski definition) is 5. The fourth-order valence-electron chi connectivity index (χ4n) is 3.93. The Kier molecular flexibility index (Phi) is 10.6. The number of alkyl halides is 3. The number of nitrogens with zero attached hydrogens (tertiary/aromatic N) is 2. The fourth-order valence-corrected chi connectivity index (χ4v) is 3.93. The zero-order valence-electron chi connectivity index (χ0n) is 21.1. The van der Waals surface area contributed by atoms with Gasteiger partial charge in [0.15, 0.2) is 0 Å². The molecule has 1 aromatic rings. The highest BCUT2D eigenvalue weighted by molar-refractivity contribution is 5.99. The number of nitrogens with one attached hydrogen (secondary N) is 2. The molecule has 2 rings (SSSR count). The van der Waals surface area contributed by atoms with Crippen molar-refractivity contribution in [3.8, 4) is 5.75 Å². The molecule has 198 valence electrons. The number of amides is 3. The highest BCUT2D eigenvalue weighted by Crippen LogP contribution is 2.27. The van der Waals surface area contributed by atoms with Crippen LogP contribution in [0.1, 0.15) is 44.0 Å². The zero-order valence-corrected chi connectivity index (χ0v) is 21.1. The van der Waals surface area contributed by atoms with Crippen LogP contribution in [0.15, 0.2) is 18.2 Å². The summed E-state index contributed by atoms with van der Waals surface area (Å²) in [6.45, 7) is 6.70. The summed E-state index contributed by atoms with van der Waals surface area (Å²) in [5.41, 5.74) is 0.671. The number of ether oxygens (including phenoxy) is 2. The van der Waals surface area contributed by atoms with Crippen LogP contribution in [0, 0.1) is 5.92 Å². The maximum Gasteiger partial charge on any atom is 0.390 e. The third kappa shape index (κ3) is 8.88. The predicted octanol–water partition coefficient (Wildman–Crippen LogP) is 3.98. The maximum absolute atomic E-state index is 13.3. The van der Waals surface area contributed by atoms with Crippen molar-refractivity contribution < 1.29 is 32.2 Å². The Hall–Kier alpha value is -2.53. The molecule has 2 N–H and O–H groups in total. The predicted molar refractivity (Wildman–Crippen MR) is 128 cm³/mol. The number of carbonyl (C=O) groups is 2. The van der Waals surface area contributed by atoms with Crippen molar-refractivity contribution in [3.05, 3.63) is 23.8 Å². The van der Waals surface area contributed by atoms with Crippen molar-refractivity contribution in [2.75, 3.05) is 52.3 Å². The third-order valence-electron chi connectivity index (χ3n) is 6.05. The lowest BCUT2D eigenvalue weighted by molar-refractivity contribution is -0.140. The second kappa shape index (κ2) is 13.0. The lowest BCUT2D eigenvalue weighted by Crippen LogP contribution is -2.47. The summed E-state index contributed by atoms with van der Waals surface area (Å²) in [7, 11) is 3.16. The summed E-state index contributed by atoms with van der Waals surface area (Å²) in [6.07, 6.45) is -4.78. The highest BCUT2D eigenvalue weighted by Gasteiger charge is 2.32. The molecule has 0 unspecified atom stereocenters. The number of urea groups is 1. The molecule has 11 heteroatoms. The number of fused-ring (bicyclic) bond motifs is 1. The SMILES string of the molecule is CCCNC(=O)Nc1ccc2c(c1)C(=O)N(C)C[C@H](OC)[C@@H](C)CN(CCC(F)(F)F)[C@@H](C)CO2. The molecule has 0 saturated carbocycles. The van der Waals surface area contributed by atoms with E-state index in [4.69, 9.17) is 9.47 Å². The first-order valence-electron chi connectivity index (χ1n) is 11.9. The smallest absolute Gasteiger partial charge is 0.390 e. The topological polar surface area (TPSA) is 83.1 Å². The zero-order chi connectivity index (χ0) is 26.2. The number of hydrogen-bond donors (Lipinski definition) is 2. The summed E-state index contributed by atoms with van der Waals surface area (Å²) in [4.78, 5) is 28.6. The van der Waals surface area contributed by atoms with Crippen molar-refractivity contribution in [2.24, 2.45) is 5.92 Å². The number of methoxy groups -OCH3 is 1. The molecule has 1 aliphatic rings. The van der Waals surface area contributed by atoms with Crippen LogP contribution in [-0.2, 0) is 4.74 Å². The van der Waals surface area contributed by atoms with Gasteiger partial charge in [-0.25, -0.2) is 4.79 Å². The average molecular weight is 503 g/mol. The van der Waals surface area contributed by atoms with E-state index in [-0.39, 0.29) is 55.3 Å². The summed E-state index contributed by atoms with van der Waals surface area (Å²) in [5.74, 6) is -0.152. The van der Waals surface area contributed by atoms with Gasteiger partial charge in [0.25, 0.3) is 5.91 Å². The molecule has 1 heterocycles. The molecule has 1 aromatic carbocycles. The van der Waals surface area contributed by atoms with Crippen molar-refractivity contribution in [2.45, 2.75) is 51.9 Å². The summed E-state index contributed by atoms with van der Waals surface area (Å²) < 4.78 is 50.4. The Balaban J connectivity index is 2.35. The molecule has 0 aromatic heterocycles. The van der Waals surface area contributed by atoms with Gasteiger partial charge in [0.2, 0.25) is 0 Å². The fraction of sp³-hybridized carbons (Fsp3) is 0.667. The van der Waals surface area contributed by atoms with Crippen molar-refractivity contribution in [1.29, 1.82) is 0 Å². The molecule has 0 saturated heterocycles. The molecular weight excluding hydrogens is 465 g/mol. The lowest BCUT2D eigenvalue weighted by Gasteiger charge is -2.36. The first-order valence-corrected chi connectivity index (χ1v) is 11.9. The van der Waals surface area contributed by atoms with Crippen LogP contribution in [0.4, 0.5) is 23.7 Å². The molecule has 3 atom stereocenters. The van der Waals surface area contributed by atoms with Crippen LogP contribution in [0.25, 0.3) is 0 Å². The molecule has 0 aliphatic carbocycles. The largest absolute Gasteiger partial charge is 0.491 e. The second-order valence-corrected chi connectivity index (χ2v) is 9.05. The van der Waals surface area contributed by atoms with E-state index in [1.54, 1.807) is 37.1 Å². The van der Waals surface area contributed by atoms with Gasteiger partial charge in [-0.2, -0.15) is 13.2 Å². The molecule has 0 bridgehead atoms. The van der Waals surface area contributed by atoms with E-state index in [9.17, 15) is 22.8 Å². The minimum atomic E-state index is -4.26. The minimum absolute atomic E-state index is 0.0932. The Morgan fingerprint density at radius 3 is 2.60 bits per heavy atom. The first kappa shape index (κ1) is 28.7. The summed E-state index contributed by atoms with van der Waals surface area (Å²) >= 11 is 0. The van der Waals surface area contributed by atoms with Gasteiger partial charge in [0.05, 0.1) is 18.1 Å². The van der Waals surface area contributed by atoms with Gasteiger partial charge in [-0.05, 0) is 37.5 Å². The maximum atomic E-state index is 13.3. The second-order valence-electron chi connectivity index (χ2n) is 9.05. The van der Waals surface area contributed by atoms with Gasteiger partial charge in [-0.3, -0.25) is 9.69 Å². The number of benzene rings is 1. The number of halogens is 3. The molecule has 0 spiro atoms. The normalized spacial score (nSPS) is 22.5. The molecule has 8 nitrogen and oxygen atoms in total. The van der Waals surface area contributed by atoms with Gasteiger partial charge in [-0.1, -0.05) is 13.8 Å². The molecule has 0 radical (unpaired) electrons. The van der Waals surface area contributed by atoms with E-state index in [1.807, 2.05) is 13.8 Å². The van der Waals surface area contributed by atoms with E-state index in [1.165, 1.54) is 12.0 Å². The van der Waals surface area contributed by atoms with Crippen molar-refractivity contribution >= 4 is 17.6 Å². The minimum Gasteiger partial charge on any atom is -0.491 e. The van der Waals surface area contributed by atoms with Crippen LogP contribution in [0.5, 0.6) is 5.75 Å². The summed E-state index contributed by atoms with van der Waals surface area (Å²) in [5, 5.41) is 5.42. The Bertz CT molecular complexity index is 853. The number of rotatable bonds is 6. The lowest BCUT2D eigenvalue weighted by atomic mass is 10.0. The Morgan fingerprint density at radius 1 is 1.26 bits per heavy atom. The van der Waals surface area contributed by atoms with Crippen molar-refractivity contribution in [1.82, 2.24) is 15.1 Å². The monoisotopic (exact) mass is 502 g/mol. The first-order chi connectivity index (χ1) is 16.4. The highest BCUT2D eigenvalue weighted by atomic mass is 19.4. The third-order valence-corrected chi connectivity index (χ3v) is 6.05. The van der Waals surface area contributed by atoms with E-state index < -0.39 is 12.6 Å². The van der Waals surface area contributed by atoms with E-state index in [0.717, 1.165) is 6.42 Å². The molecular formula is C24H37F3N4O4. The van der Waals surface area contributed by atoms with Crippen LogP contribution in [0.2, 0.25) is 0 Å². The van der Waals surface area contributed by atoms with Gasteiger partial charge in [0.1, 0.15) is 12.4 Å². The molecule has 1 aliphatic heterocycles. The Labute approximate surface area is 205 Å². The van der Waals surface area contributed by atoms with E-state index in [2.05, 4.69) is 10.6 Å². The average Bonchev–Trinajstić information content (AvgIpc) is 2.80. The van der Waals surface area contributed by atoms with E-state index >= 15 is 0 Å². The van der Waals surface area contributed by atoms with Crippen LogP contribution >= 0.6 is 0 Å². The Morgan fingerprint density at radius 2 is 1.97 bits per heavy atom. The van der Waals surface area contributed by atoms with Gasteiger partial charge in [0, 0.05) is 52.1 Å². The van der Waals surface area contributed by atoms with Crippen molar-refractivity contribution in [3.63, 3.8) is 0 Å².